The van der Waals surface area contributed by atoms with Crippen molar-refractivity contribution < 1.29 is 19.4 Å². The molecule has 0 aliphatic rings. The molecule has 0 aliphatic carbocycles. The molecule has 25 heavy (non-hydrogen) atoms. The van der Waals surface area contributed by atoms with Gasteiger partial charge in [-0.2, -0.15) is 0 Å². The Morgan fingerprint density at radius 1 is 1.28 bits per heavy atom. The van der Waals surface area contributed by atoms with E-state index in [9.17, 15) is 9.59 Å². The van der Waals surface area contributed by atoms with Crippen LogP contribution in [-0.4, -0.2) is 45.8 Å². The minimum absolute atomic E-state index is 0.107. The number of aliphatic carboxylic acids is 1. The number of carboxylic acids is 1. The number of halogens is 1. The summed E-state index contributed by atoms with van der Waals surface area (Å²) in [5.74, 6) is -1.65. The summed E-state index contributed by atoms with van der Waals surface area (Å²) >= 11 is 5.86. The van der Waals surface area contributed by atoms with E-state index < -0.39 is 17.5 Å². The van der Waals surface area contributed by atoms with Gasteiger partial charge in [0, 0.05) is 24.0 Å². The molecule has 0 bridgehead atoms. The van der Waals surface area contributed by atoms with E-state index in [1.54, 1.807) is 44.7 Å². The zero-order valence-corrected chi connectivity index (χ0v) is 15.8. The topological polar surface area (TPSA) is 90.7 Å². The van der Waals surface area contributed by atoms with Crippen LogP contribution in [0.4, 0.5) is 0 Å². The van der Waals surface area contributed by atoms with Gasteiger partial charge in [0.05, 0.1) is 6.54 Å². The predicted molar refractivity (Wildman–Crippen MR) is 97.1 cm³/mol. The third-order valence-electron chi connectivity index (χ3n) is 3.41. The Morgan fingerprint density at radius 2 is 1.84 bits per heavy atom. The first-order chi connectivity index (χ1) is 11.5. The van der Waals surface area contributed by atoms with Gasteiger partial charge in [0.15, 0.2) is 0 Å². The SMILES string of the molecule is CC(CC(=N)C(=O)OC(C)(C)C)N(CC(=O)O)Cc1ccc(Cl)cc1. The molecule has 0 heterocycles. The van der Waals surface area contributed by atoms with Crippen molar-refractivity contribution in [1.82, 2.24) is 4.90 Å². The third-order valence-corrected chi connectivity index (χ3v) is 3.66. The highest BCUT2D eigenvalue weighted by molar-refractivity contribution is 6.35. The van der Waals surface area contributed by atoms with Gasteiger partial charge in [-0.25, -0.2) is 4.79 Å². The fourth-order valence-corrected chi connectivity index (χ4v) is 2.34. The number of carbonyl (C=O) groups is 2. The van der Waals surface area contributed by atoms with Crippen LogP contribution >= 0.6 is 11.6 Å². The highest BCUT2D eigenvalue weighted by Gasteiger charge is 2.24. The molecular formula is C18H25ClN2O4. The summed E-state index contributed by atoms with van der Waals surface area (Å²) in [6, 6.07) is 6.81. The number of ether oxygens (including phenoxy) is 1. The summed E-state index contributed by atoms with van der Waals surface area (Å²) in [5.41, 5.74) is 0.0617. The molecule has 0 aromatic heterocycles. The van der Waals surface area contributed by atoms with Gasteiger partial charge in [-0.05, 0) is 45.4 Å². The Balaban J connectivity index is 2.77. The van der Waals surface area contributed by atoms with E-state index in [1.807, 2.05) is 12.1 Å². The van der Waals surface area contributed by atoms with Crippen molar-refractivity contribution in [2.75, 3.05) is 6.54 Å². The summed E-state index contributed by atoms with van der Waals surface area (Å²) in [4.78, 5) is 24.8. The Kier molecular flexibility index (Phi) is 7.58. The molecule has 1 unspecified atom stereocenters. The molecule has 0 fully saturated rings. The van der Waals surface area contributed by atoms with E-state index in [-0.39, 0.29) is 24.7 Å². The molecular weight excluding hydrogens is 344 g/mol. The zero-order chi connectivity index (χ0) is 19.2. The molecule has 0 radical (unpaired) electrons. The first-order valence-electron chi connectivity index (χ1n) is 7.99. The van der Waals surface area contributed by atoms with E-state index >= 15 is 0 Å². The first kappa shape index (κ1) is 21.1. The van der Waals surface area contributed by atoms with Crippen LogP contribution in [0.15, 0.2) is 24.3 Å². The number of benzene rings is 1. The van der Waals surface area contributed by atoms with Gasteiger partial charge in [0.1, 0.15) is 11.3 Å². The van der Waals surface area contributed by atoms with Crippen molar-refractivity contribution in [3.63, 3.8) is 0 Å². The lowest BCUT2D eigenvalue weighted by atomic mass is 10.1. The fraction of sp³-hybridized carbons (Fsp3) is 0.500. The molecule has 0 saturated heterocycles. The summed E-state index contributed by atoms with van der Waals surface area (Å²) in [6.07, 6.45) is 0.107. The highest BCUT2D eigenvalue weighted by atomic mass is 35.5. The van der Waals surface area contributed by atoms with Crippen LogP contribution in [-0.2, 0) is 20.9 Å². The summed E-state index contributed by atoms with van der Waals surface area (Å²) in [6.45, 7) is 7.19. The minimum atomic E-state index is -0.968. The summed E-state index contributed by atoms with van der Waals surface area (Å²) in [7, 11) is 0. The molecule has 0 saturated carbocycles. The molecule has 0 aliphatic heterocycles. The Hall–Kier alpha value is -1.92. The van der Waals surface area contributed by atoms with Gasteiger partial charge in [-0.15, -0.1) is 0 Å². The smallest absolute Gasteiger partial charge is 0.352 e. The van der Waals surface area contributed by atoms with Crippen molar-refractivity contribution >= 4 is 29.3 Å². The molecule has 138 valence electrons. The van der Waals surface area contributed by atoms with Gasteiger partial charge in [-0.1, -0.05) is 23.7 Å². The van der Waals surface area contributed by atoms with E-state index in [0.717, 1.165) is 5.56 Å². The Bertz CT molecular complexity index is 623. The third kappa shape index (κ3) is 8.14. The van der Waals surface area contributed by atoms with E-state index in [0.29, 0.717) is 11.6 Å². The van der Waals surface area contributed by atoms with E-state index in [4.69, 9.17) is 26.9 Å². The van der Waals surface area contributed by atoms with Gasteiger partial charge in [-0.3, -0.25) is 15.1 Å². The molecule has 2 N–H and O–H groups in total. The zero-order valence-electron chi connectivity index (χ0n) is 15.0. The van der Waals surface area contributed by atoms with Gasteiger partial charge in [0.2, 0.25) is 0 Å². The lowest BCUT2D eigenvalue weighted by Gasteiger charge is -2.28. The van der Waals surface area contributed by atoms with E-state index in [2.05, 4.69) is 0 Å². The largest absolute Gasteiger partial charge is 0.480 e. The molecule has 0 amide bonds. The van der Waals surface area contributed by atoms with Crippen molar-refractivity contribution in [3.8, 4) is 0 Å². The monoisotopic (exact) mass is 368 g/mol. The normalized spacial score (nSPS) is 12.7. The maximum absolute atomic E-state index is 11.9. The maximum Gasteiger partial charge on any atom is 0.352 e. The lowest BCUT2D eigenvalue weighted by Crippen LogP contribution is -2.39. The van der Waals surface area contributed by atoms with Crippen LogP contribution in [0.5, 0.6) is 0 Å². The molecule has 0 spiro atoms. The van der Waals surface area contributed by atoms with E-state index in [1.165, 1.54) is 0 Å². The van der Waals surface area contributed by atoms with Gasteiger partial charge in [0.25, 0.3) is 0 Å². The summed E-state index contributed by atoms with van der Waals surface area (Å²) < 4.78 is 5.18. The summed E-state index contributed by atoms with van der Waals surface area (Å²) in [5, 5.41) is 17.7. The van der Waals surface area contributed by atoms with Crippen molar-refractivity contribution in [2.24, 2.45) is 0 Å². The molecule has 1 atom stereocenters. The van der Waals surface area contributed by atoms with Gasteiger partial charge >= 0.3 is 11.9 Å². The number of nitrogens with zero attached hydrogens (tertiary/aromatic N) is 1. The second-order valence-electron chi connectivity index (χ2n) is 6.96. The fourth-order valence-electron chi connectivity index (χ4n) is 2.21. The van der Waals surface area contributed by atoms with Crippen LogP contribution in [0.3, 0.4) is 0 Å². The van der Waals surface area contributed by atoms with Gasteiger partial charge < -0.3 is 9.84 Å². The number of carbonyl (C=O) groups excluding carboxylic acids is 1. The van der Waals surface area contributed by atoms with Crippen LogP contribution in [0, 0.1) is 5.41 Å². The number of rotatable bonds is 8. The number of carboxylic acid groups (broad SMARTS) is 1. The second kappa shape index (κ2) is 8.97. The highest BCUT2D eigenvalue weighted by Crippen LogP contribution is 2.15. The van der Waals surface area contributed by atoms with Crippen molar-refractivity contribution in [1.29, 1.82) is 5.41 Å². The number of hydrogen-bond donors (Lipinski definition) is 2. The van der Waals surface area contributed by atoms with Crippen LogP contribution in [0.2, 0.25) is 5.02 Å². The Labute approximate surface area is 153 Å². The Morgan fingerprint density at radius 3 is 2.32 bits per heavy atom. The van der Waals surface area contributed by atoms with Crippen molar-refractivity contribution in [3.05, 3.63) is 34.9 Å². The standard InChI is InChI=1S/C18H25ClN2O4/c1-12(9-15(20)17(24)25-18(2,3)4)21(11-16(22)23)10-13-5-7-14(19)8-6-13/h5-8,12,20H,9-11H2,1-4H3,(H,22,23). The minimum Gasteiger partial charge on any atom is -0.480 e. The first-order valence-corrected chi connectivity index (χ1v) is 8.37. The predicted octanol–water partition coefficient (Wildman–Crippen LogP) is 3.37. The average Bonchev–Trinajstić information content (AvgIpc) is 2.46. The molecule has 1 aromatic carbocycles. The van der Waals surface area contributed by atoms with Crippen LogP contribution < -0.4 is 0 Å². The lowest BCUT2D eigenvalue weighted by molar-refractivity contribution is -0.146. The molecule has 7 heteroatoms. The van der Waals surface area contributed by atoms with Crippen molar-refractivity contribution in [2.45, 2.75) is 52.3 Å². The molecule has 1 rings (SSSR count). The van der Waals surface area contributed by atoms with Crippen LogP contribution in [0.1, 0.15) is 39.7 Å². The quantitative estimate of drug-likeness (QED) is 0.542. The number of nitrogens with one attached hydrogen (secondary N) is 1. The van der Waals surface area contributed by atoms with Crippen LogP contribution in [0.25, 0.3) is 0 Å². The number of esters is 1. The maximum atomic E-state index is 11.9. The number of hydrogen-bond acceptors (Lipinski definition) is 5. The molecule has 6 nitrogen and oxygen atoms in total. The average molecular weight is 369 g/mol. The molecule has 1 aromatic rings. The second-order valence-corrected chi connectivity index (χ2v) is 7.40.